The summed E-state index contributed by atoms with van der Waals surface area (Å²) < 4.78 is 19.9. The maximum absolute atomic E-state index is 13.9. The lowest BCUT2D eigenvalue weighted by molar-refractivity contribution is 0.0997. The van der Waals surface area contributed by atoms with E-state index in [0.29, 0.717) is 23.2 Å². The quantitative estimate of drug-likeness (QED) is 0.472. The van der Waals surface area contributed by atoms with E-state index in [9.17, 15) is 9.18 Å². The first-order chi connectivity index (χ1) is 15.8. The molecule has 1 aliphatic carbocycles. The molecule has 1 unspecified atom stereocenters. The Morgan fingerprint density at radius 3 is 2.39 bits per heavy atom. The average Bonchev–Trinajstić information content (AvgIpc) is 3.11. The van der Waals surface area contributed by atoms with Gasteiger partial charge in [-0.15, -0.1) is 0 Å². The highest BCUT2D eigenvalue weighted by atomic mass is 19.1. The van der Waals surface area contributed by atoms with E-state index in [2.05, 4.69) is 19.0 Å². The lowest BCUT2D eigenvalue weighted by Gasteiger charge is -2.37. The number of benzene rings is 2. The summed E-state index contributed by atoms with van der Waals surface area (Å²) in [6.07, 6.45) is 5.02. The Kier molecular flexibility index (Phi) is 6.99. The second kappa shape index (κ2) is 9.92. The van der Waals surface area contributed by atoms with Crippen LogP contribution in [-0.4, -0.2) is 24.9 Å². The first-order valence-corrected chi connectivity index (χ1v) is 11.7. The summed E-state index contributed by atoms with van der Waals surface area (Å²) in [5.41, 5.74) is 9.22. The first-order valence-electron chi connectivity index (χ1n) is 11.7. The second-order valence-electron chi connectivity index (χ2n) is 9.52. The zero-order valence-electron chi connectivity index (χ0n) is 19.7. The Labute approximate surface area is 195 Å². The van der Waals surface area contributed by atoms with Crippen LogP contribution in [-0.2, 0) is 6.42 Å². The molecule has 1 saturated carbocycles. The Morgan fingerprint density at radius 2 is 1.79 bits per heavy atom. The monoisotopic (exact) mass is 448 g/mol. The zero-order valence-corrected chi connectivity index (χ0v) is 19.7. The van der Waals surface area contributed by atoms with Crippen LogP contribution in [0.4, 0.5) is 4.39 Å². The fourth-order valence-electron chi connectivity index (χ4n) is 5.61. The summed E-state index contributed by atoms with van der Waals surface area (Å²) in [7, 11) is 4.14. The van der Waals surface area contributed by atoms with Crippen LogP contribution in [0.15, 0.2) is 59.0 Å². The molecule has 3 aromatic rings. The number of amides is 1. The molecule has 1 heterocycles. The molecule has 0 radical (unpaired) electrons. The van der Waals surface area contributed by atoms with Crippen molar-refractivity contribution in [1.82, 2.24) is 4.90 Å². The predicted octanol–water partition coefficient (Wildman–Crippen LogP) is 6.14. The van der Waals surface area contributed by atoms with Crippen LogP contribution in [0.5, 0.6) is 0 Å². The number of nitrogens with zero attached hydrogens (tertiary/aromatic N) is 1. The normalized spacial score (nSPS) is 19.5. The summed E-state index contributed by atoms with van der Waals surface area (Å²) >= 11 is 0. The number of carbonyl (C=O) groups is 1. The molecule has 33 heavy (non-hydrogen) atoms. The van der Waals surface area contributed by atoms with Crippen molar-refractivity contribution in [3.63, 3.8) is 0 Å². The van der Waals surface area contributed by atoms with Crippen LogP contribution >= 0.6 is 0 Å². The van der Waals surface area contributed by atoms with E-state index in [4.69, 9.17) is 10.2 Å². The summed E-state index contributed by atoms with van der Waals surface area (Å²) in [5, 5.41) is 0. The molecule has 1 fully saturated rings. The minimum Gasteiger partial charge on any atom is -0.460 e. The van der Waals surface area contributed by atoms with E-state index in [1.54, 1.807) is 12.1 Å². The van der Waals surface area contributed by atoms with E-state index in [0.717, 1.165) is 54.6 Å². The Balaban J connectivity index is 1.53. The number of furan rings is 1. The number of aryl methyl sites for hydroxylation is 1. The number of nitrogens with two attached hydrogens (primary N) is 1. The summed E-state index contributed by atoms with van der Waals surface area (Å²) in [6, 6.07) is 17.1. The Hall–Kier alpha value is -2.92. The minimum absolute atomic E-state index is 0.184. The molecule has 0 spiro atoms. The van der Waals surface area contributed by atoms with Gasteiger partial charge < -0.3 is 15.1 Å². The average molecular weight is 449 g/mol. The maximum Gasteiger partial charge on any atom is 0.252 e. The van der Waals surface area contributed by atoms with Crippen molar-refractivity contribution in [3.8, 4) is 11.3 Å². The molecule has 0 bridgehead atoms. The largest absolute Gasteiger partial charge is 0.460 e. The number of carbonyl (C=O) groups excluding carboxylic acids is 1. The molecule has 2 aromatic carbocycles. The molecule has 1 aromatic heterocycles. The van der Waals surface area contributed by atoms with Crippen molar-refractivity contribution in [1.29, 1.82) is 0 Å². The molecule has 0 saturated heterocycles. The predicted molar refractivity (Wildman–Crippen MR) is 129 cm³/mol. The molecule has 5 heteroatoms. The number of rotatable bonds is 7. The third-order valence-corrected chi connectivity index (χ3v) is 7.04. The molecule has 174 valence electrons. The highest BCUT2D eigenvalue weighted by molar-refractivity contribution is 5.97. The highest BCUT2D eigenvalue weighted by Crippen LogP contribution is 2.42. The topological polar surface area (TPSA) is 59.5 Å². The Morgan fingerprint density at radius 1 is 1.09 bits per heavy atom. The third-order valence-electron chi connectivity index (χ3n) is 7.04. The standard InChI is InChI=1S/C28H33FN2O2/c1-18-25(28(30)32)24(27(33-18)21-8-5-4-6-9-21)16-19-12-14-20(15-13-19)26(31(2)3)22-10-7-11-23(29)17-22/h4-11,17,19-20,26H,12-16H2,1-3H3,(H2,30,32). The van der Waals surface area contributed by atoms with Gasteiger partial charge >= 0.3 is 0 Å². The molecule has 1 amide bonds. The van der Waals surface area contributed by atoms with Crippen molar-refractivity contribution >= 4 is 5.91 Å². The SMILES string of the molecule is Cc1oc(-c2ccccc2)c(CC2CCC(C(c3cccc(F)c3)N(C)C)CC2)c1C(N)=O. The van der Waals surface area contributed by atoms with Crippen LogP contribution in [0, 0.1) is 24.6 Å². The molecule has 1 aliphatic rings. The fourth-order valence-corrected chi connectivity index (χ4v) is 5.61. The fraction of sp³-hybridized carbons (Fsp3) is 0.393. The van der Waals surface area contributed by atoms with Crippen LogP contribution in [0.1, 0.15) is 59.0 Å². The summed E-state index contributed by atoms with van der Waals surface area (Å²) in [5.74, 6) is 1.65. The van der Waals surface area contributed by atoms with Gasteiger partial charge in [0.25, 0.3) is 5.91 Å². The molecule has 4 rings (SSSR count). The highest BCUT2D eigenvalue weighted by Gasteiger charge is 2.32. The molecule has 1 atom stereocenters. The van der Waals surface area contributed by atoms with Gasteiger partial charge in [0, 0.05) is 17.2 Å². The van der Waals surface area contributed by atoms with E-state index in [-0.39, 0.29) is 11.9 Å². The molecule has 2 N–H and O–H groups in total. The van der Waals surface area contributed by atoms with Crippen molar-refractivity contribution in [2.75, 3.05) is 14.1 Å². The van der Waals surface area contributed by atoms with Gasteiger partial charge in [0.2, 0.25) is 0 Å². The van der Waals surface area contributed by atoms with Crippen LogP contribution in [0.3, 0.4) is 0 Å². The van der Waals surface area contributed by atoms with Gasteiger partial charge in [-0.1, -0.05) is 42.5 Å². The van der Waals surface area contributed by atoms with Gasteiger partial charge in [0.1, 0.15) is 17.3 Å². The van der Waals surface area contributed by atoms with Gasteiger partial charge in [0.05, 0.1) is 5.56 Å². The van der Waals surface area contributed by atoms with Crippen molar-refractivity contribution < 1.29 is 13.6 Å². The molecule has 4 nitrogen and oxygen atoms in total. The van der Waals surface area contributed by atoms with E-state index in [1.807, 2.05) is 43.3 Å². The maximum atomic E-state index is 13.9. The zero-order chi connectivity index (χ0) is 23.5. The van der Waals surface area contributed by atoms with Crippen molar-refractivity contribution in [2.45, 2.75) is 45.1 Å². The summed E-state index contributed by atoms with van der Waals surface area (Å²) in [4.78, 5) is 14.5. The smallest absolute Gasteiger partial charge is 0.252 e. The number of halogens is 1. The van der Waals surface area contributed by atoms with Crippen LogP contribution < -0.4 is 5.73 Å². The van der Waals surface area contributed by atoms with Crippen molar-refractivity contribution in [3.05, 3.63) is 82.9 Å². The second-order valence-corrected chi connectivity index (χ2v) is 9.52. The van der Waals surface area contributed by atoms with E-state index in [1.165, 1.54) is 6.07 Å². The van der Waals surface area contributed by atoms with E-state index < -0.39 is 5.91 Å². The van der Waals surface area contributed by atoms with Gasteiger partial charge in [-0.05, 0) is 82.7 Å². The molecular weight excluding hydrogens is 415 g/mol. The number of hydrogen-bond acceptors (Lipinski definition) is 3. The Bertz CT molecular complexity index is 1100. The third kappa shape index (κ3) is 5.03. The van der Waals surface area contributed by atoms with Crippen molar-refractivity contribution in [2.24, 2.45) is 17.6 Å². The van der Waals surface area contributed by atoms with Crippen LogP contribution in [0.2, 0.25) is 0 Å². The van der Waals surface area contributed by atoms with Gasteiger partial charge in [-0.2, -0.15) is 0 Å². The summed E-state index contributed by atoms with van der Waals surface area (Å²) in [6.45, 7) is 1.81. The van der Waals surface area contributed by atoms with Gasteiger partial charge in [-0.3, -0.25) is 4.79 Å². The lowest BCUT2D eigenvalue weighted by atomic mass is 9.74. The lowest BCUT2D eigenvalue weighted by Crippen LogP contribution is -2.31. The van der Waals surface area contributed by atoms with E-state index >= 15 is 0 Å². The van der Waals surface area contributed by atoms with Crippen LogP contribution in [0.25, 0.3) is 11.3 Å². The number of primary amides is 1. The van der Waals surface area contributed by atoms with Gasteiger partial charge in [0.15, 0.2) is 0 Å². The molecule has 0 aliphatic heterocycles. The van der Waals surface area contributed by atoms with Gasteiger partial charge in [-0.25, -0.2) is 4.39 Å². The molecular formula is C28H33FN2O2. The minimum atomic E-state index is -0.430. The first kappa shape index (κ1) is 23.2. The number of hydrogen-bond donors (Lipinski definition) is 1.